The molecule has 0 spiro atoms. The van der Waals surface area contributed by atoms with Gasteiger partial charge in [-0.25, -0.2) is 19.9 Å². The van der Waals surface area contributed by atoms with E-state index >= 15 is 0 Å². The molecule has 1 heterocycles. The zero-order chi connectivity index (χ0) is 40.1. The summed E-state index contributed by atoms with van der Waals surface area (Å²) in [7, 11) is 1.71. The first-order valence-electron chi connectivity index (χ1n) is 19.3. The van der Waals surface area contributed by atoms with Crippen LogP contribution in [-0.4, -0.2) is 41.3 Å². The summed E-state index contributed by atoms with van der Waals surface area (Å²) in [6.07, 6.45) is 1.11. The number of nitrogens with zero attached hydrogens (tertiary/aromatic N) is 6. The fourth-order valence-corrected chi connectivity index (χ4v) is 7.09. The van der Waals surface area contributed by atoms with Crippen molar-refractivity contribution in [2.75, 3.05) is 7.05 Å². The van der Waals surface area contributed by atoms with Crippen molar-refractivity contribution in [3.05, 3.63) is 199 Å². The van der Waals surface area contributed by atoms with Gasteiger partial charge in [0.2, 0.25) is 0 Å². The summed E-state index contributed by atoms with van der Waals surface area (Å²) in [6, 6.07) is 61.9. The molecule has 9 rings (SSSR count). The summed E-state index contributed by atoms with van der Waals surface area (Å²) in [5.41, 5.74) is 6.44. The van der Waals surface area contributed by atoms with Crippen LogP contribution in [0.2, 0.25) is 0 Å². The molecule has 0 radical (unpaired) electrons. The van der Waals surface area contributed by atoms with Gasteiger partial charge < -0.3 is 0 Å². The minimum atomic E-state index is 0.529. The molecule has 6 heteroatoms. The van der Waals surface area contributed by atoms with Crippen molar-refractivity contribution in [3.63, 3.8) is 0 Å². The molecule has 0 N–H and O–H groups in total. The van der Waals surface area contributed by atoms with E-state index in [0.717, 1.165) is 55.8 Å². The topological polar surface area (TPSA) is 75.8 Å². The minimum Gasteiger partial charge on any atom is -0.296 e. The molecule has 0 saturated heterocycles. The van der Waals surface area contributed by atoms with E-state index < -0.39 is 0 Å². The second kappa shape index (κ2) is 18.9. The predicted octanol–water partition coefficient (Wildman–Crippen LogP) is 12.5. The van der Waals surface area contributed by atoms with Crippen LogP contribution in [0, 0.1) is 0 Å². The monoisotopic (exact) mass is 752 g/mol. The van der Waals surface area contributed by atoms with Crippen LogP contribution < -0.4 is 0 Å². The van der Waals surface area contributed by atoms with Crippen LogP contribution in [0.3, 0.4) is 0 Å². The smallest absolute Gasteiger partial charge is 0.164 e. The number of fused-ring (bicyclic) bond motifs is 3. The van der Waals surface area contributed by atoms with E-state index in [1.165, 1.54) is 16.3 Å². The van der Waals surface area contributed by atoms with E-state index in [2.05, 4.69) is 138 Å². The number of rotatable bonds is 7. The Kier molecular flexibility index (Phi) is 12.7. The predicted molar refractivity (Wildman–Crippen MR) is 246 cm³/mol. The van der Waals surface area contributed by atoms with E-state index in [9.17, 15) is 0 Å². The fraction of sp³-hybridized carbons (Fsp3) is 0.0769. The molecule has 0 atom stereocenters. The highest BCUT2D eigenvalue weighted by atomic mass is 15.0. The van der Waals surface area contributed by atoms with Gasteiger partial charge in [-0.05, 0) is 63.3 Å². The first kappa shape index (κ1) is 38.8. The molecule has 0 bridgehead atoms. The summed E-state index contributed by atoms with van der Waals surface area (Å²) in [5, 5.41) is 7.21. The summed E-state index contributed by atoms with van der Waals surface area (Å²) >= 11 is 0. The highest BCUT2D eigenvalue weighted by molar-refractivity contribution is 6.01. The SMILES string of the molecule is C=NC(=NC)c1ccccc1.C=NCc1cccc2cccc(-c3nc(-c4ccccc4)nc(-c4cccc5ccccc45)n3)c12.CCc1cccc2ccccc12. The largest absolute Gasteiger partial charge is 0.296 e. The van der Waals surface area contributed by atoms with Gasteiger partial charge in [-0.3, -0.25) is 9.98 Å². The molecule has 9 aromatic rings. The van der Waals surface area contributed by atoms with E-state index in [4.69, 9.17) is 15.0 Å². The van der Waals surface area contributed by atoms with Crippen molar-refractivity contribution in [1.82, 2.24) is 15.0 Å². The molecule has 0 aliphatic rings. The van der Waals surface area contributed by atoms with Crippen LogP contribution in [0.25, 0.3) is 66.5 Å². The zero-order valence-electron chi connectivity index (χ0n) is 32.8. The lowest BCUT2D eigenvalue weighted by Gasteiger charge is -2.13. The number of hydrogen-bond acceptors (Lipinski definition) is 5. The molecule has 0 aliphatic heterocycles. The van der Waals surface area contributed by atoms with Gasteiger partial charge in [-0.2, -0.15) is 0 Å². The van der Waals surface area contributed by atoms with Crippen molar-refractivity contribution in [2.45, 2.75) is 19.9 Å². The fourth-order valence-electron chi connectivity index (χ4n) is 7.09. The standard InChI is InChI=1S/C31H22N4.C12H12.C9H10N2/c1-32-20-24-16-7-14-22-15-9-19-27(28(22)24)31-34-29(23-11-3-2-4-12-23)33-30(35-31)26-18-8-13-21-10-5-6-17-25(21)26;1-2-10-7-5-8-11-6-3-4-9-12(10)11;1-10-9(11-2)8-6-4-3-5-7-8/h2-19H,1,20H2;3-9H,2H2,1H3;3-7H,1H2,2H3. The van der Waals surface area contributed by atoms with Crippen LogP contribution in [0.4, 0.5) is 0 Å². The van der Waals surface area contributed by atoms with E-state index in [1.54, 1.807) is 7.05 Å². The van der Waals surface area contributed by atoms with Gasteiger partial charge in [0.1, 0.15) is 0 Å². The van der Waals surface area contributed by atoms with Gasteiger partial charge in [-0.1, -0.05) is 189 Å². The van der Waals surface area contributed by atoms with Crippen molar-refractivity contribution in [1.29, 1.82) is 0 Å². The maximum absolute atomic E-state index is 5.03. The molecular weight excluding hydrogens is 709 g/mol. The number of aromatic nitrogens is 3. The van der Waals surface area contributed by atoms with Crippen molar-refractivity contribution in [2.24, 2.45) is 15.0 Å². The Morgan fingerprint density at radius 1 is 0.483 bits per heavy atom. The molecule has 282 valence electrons. The number of aryl methyl sites for hydroxylation is 1. The Balaban J connectivity index is 0.000000180. The van der Waals surface area contributed by atoms with Gasteiger partial charge in [0, 0.05) is 29.3 Å². The number of hydrogen-bond donors (Lipinski definition) is 0. The van der Waals surface area contributed by atoms with E-state index in [0.29, 0.717) is 29.9 Å². The molecule has 0 unspecified atom stereocenters. The Morgan fingerprint density at radius 3 is 1.62 bits per heavy atom. The molecular formula is C52H44N6. The first-order valence-corrected chi connectivity index (χ1v) is 19.3. The second-order valence-electron chi connectivity index (χ2n) is 13.5. The van der Waals surface area contributed by atoms with Crippen LogP contribution in [0.1, 0.15) is 23.6 Å². The Morgan fingerprint density at radius 2 is 0.983 bits per heavy atom. The summed E-state index contributed by atoms with van der Waals surface area (Å²) < 4.78 is 0. The lowest BCUT2D eigenvalue weighted by atomic mass is 9.98. The number of amidine groups is 1. The molecule has 0 aliphatic carbocycles. The summed E-state index contributed by atoms with van der Waals surface area (Å²) in [5.74, 6) is 2.63. The highest BCUT2D eigenvalue weighted by Crippen LogP contribution is 2.34. The highest BCUT2D eigenvalue weighted by Gasteiger charge is 2.17. The Hall–Kier alpha value is -7.44. The second-order valence-corrected chi connectivity index (χ2v) is 13.5. The quantitative estimate of drug-likeness (QED) is 0.120. The minimum absolute atomic E-state index is 0.529. The van der Waals surface area contributed by atoms with Gasteiger partial charge in [0.05, 0.1) is 6.54 Å². The maximum Gasteiger partial charge on any atom is 0.164 e. The molecule has 58 heavy (non-hydrogen) atoms. The summed E-state index contributed by atoms with van der Waals surface area (Å²) in [4.78, 5) is 26.8. The molecule has 8 aromatic carbocycles. The zero-order valence-corrected chi connectivity index (χ0v) is 32.8. The molecule has 6 nitrogen and oxygen atoms in total. The first-order chi connectivity index (χ1) is 28.6. The Labute approximate surface area is 340 Å². The Bertz CT molecular complexity index is 2830. The van der Waals surface area contributed by atoms with Gasteiger partial charge >= 0.3 is 0 Å². The van der Waals surface area contributed by atoms with Crippen LogP contribution >= 0.6 is 0 Å². The van der Waals surface area contributed by atoms with Gasteiger partial charge in [0.25, 0.3) is 0 Å². The summed E-state index contributed by atoms with van der Waals surface area (Å²) in [6.45, 7) is 9.86. The molecule has 0 fully saturated rings. The van der Waals surface area contributed by atoms with Crippen molar-refractivity contribution in [3.8, 4) is 34.2 Å². The third-order valence-electron chi connectivity index (χ3n) is 9.87. The maximum atomic E-state index is 5.03. The average molecular weight is 753 g/mol. The molecule has 0 amide bonds. The third-order valence-corrected chi connectivity index (χ3v) is 9.87. The normalized spacial score (nSPS) is 11.0. The number of aliphatic imine (C=N–C) groups is 3. The lowest BCUT2D eigenvalue weighted by Crippen LogP contribution is -2.01. The van der Waals surface area contributed by atoms with Gasteiger partial charge in [-0.15, -0.1) is 0 Å². The van der Waals surface area contributed by atoms with Gasteiger partial charge in [0.15, 0.2) is 23.3 Å². The van der Waals surface area contributed by atoms with E-state index in [-0.39, 0.29) is 0 Å². The average Bonchev–Trinajstić information content (AvgIpc) is 3.30. The van der Waals surface area contributed by atoms with Crippen LogP contribution in [0.15, 0.2) is 197 Å². The number of benzene rings is 8. The third kappa shape index (κ3) is 8.83. The lowest BCUT2D eigenvalue weighted by molar-refractivity contribution is 1.07. The molecule has 1 aromatic heterocycles. The van der Waals surface area contributed by atoms with Crippen molar-refractivity contribution < 1.29 is 0 Å². The van der Waals surface area contributed by atoms with E-state index in [1.807, 2.05) is 78.9 Å². The van der Waals surface area contributed by atoms with Crippen LogP contribution in [-0.2, 0) is 13.0 Å². The van der Waals surface area contributed by atoms with Crippen LogP contribution in [0.5, 0.6) is 0 Å². The molecule has 0 saturated carbocycles. The van der Waals surface area contributed by atoms with Crippen molar-refractivity contribution >= 4 is 51.6 Å².